The van der Waals surface area contributed by atoms with Gasteiger partial charge in [0.1, 0.15) is 0 Å². The number of rotatable bonds is 6. The molecule has 0 N–H and O–H groups in total. The molecule has 2 aromatic carbocycles. The Labute approximate surface area is 163 Å². The average Bonchev–Trinajstić information content (AvgIpc) is 3.06. The van der Waals surface area contributed by atoms with Gasteiger partial charge in [-0.3, -0.25) is 9.36 Å². The van der Waals surface area contributed by atoms with Gasteiger partial charge in [-0.1, -0.05) is 48.2 Å². The molecule has 140 valence electrons. The number of ether oxygens (including phenoxy) is 1. The van der Waals surface area contributed by atoms with Crippen molar-refractivity contribution in [3.05, 3.63) is 59.7 Å². The number of thioether (sulfide) groups is 1. The molecule has 27 heavy (non-hydrogen) atoms. The van der Waals surface area contributed by atoms with Crippen LogP contribution in [0.5, 0.6) is 0 Å². The van der Waals surface area contributed by atoms with Gasteiger partial charge in [-0.05, 0) is 51.0 Å². The number of carbonyl (C=O) groups excluding carboxylic acids is 1. The molecule has 0 radical (unpaired) electrons. The molecule has 3 aromatic rings. The lowest BCUT2D eigenvalue weighted by Crippen LogP contribution is -2.13. The normalized spacial score (nSPS) is 11.0. The molecule has 0 atom stereocenters. The van der Waals surface area contributed by atoms with Crippen LogP contribution in [-0.4, -0.2) is 32.6 Å². The summed E-state index contributed by atoms with van der Waals surface area (Å²) in [6.45, 7) is 7.85. The maximum Gasteiger partial charge on any atom is 0.316 e. The summed E-state index contributed by atoms with van der Waals surface area (Å²) in [6.07, 6.45) is -0.129. The number of benzene rings is 2. The molecule has 0 aliphatic heterocycles. The number of aryl methyl sites for hydroxylation is 2. The number of carbonyl (C=O) groups is 1. The molecule has 5 nitrogen and oxygen atoms in total. The van der Waals surface area contributed by atoms with Gasteiger partial charge < -0.3 is 4.74 Å². The highest BCUT2D eigenvalue weighted by atomic mass is 32.2. The molecule has 0 spiro atoms. The van der Waals surface area contributed by atoms with Crippen LogP contribution in [0.2, 0.25) is 0 Å². The van der Waals surface area contributed by atoms with Crippen molar-refractivity contribution in [2.75, 3.05) is 5.75 Å². The maximum atomic E-state index is 11.9. The average molecular weight is 382 g/mol. The molecule has 1 aromatic heterocycles. The van der Waals surface area contributed by atoms with E-state index >= 15 is 0 Å². The van der Waals surface area contributed by atoms with Crippen molar-refractivity contribution in [2.24, 2.45) is 0 Å². The van der Waals surface area contributed by atoms with Crippen LogP contribution in [0.4, 0.5) is 0 Å². The Morgan fingerprint density at radius 1 is 1.07 bits per heavy atom. The van der Waals surface area contributed by atoms with E-state index < -0.39 is 0 Å². The number of hydrogen-bond acceptors (Lipinski definition) is 5. The Bertz CT molecular complexity index is 936. The van der Waals surface area contributed by atoms with Gasteiger partial charge in [0.05, 0.1) is 17.5 Å². The second kappa shape index (κ2) is 8.39. The van der Waals surface area contributed by atoms with E-state index in [2.05, 4.69) is 42.2 Å². The monoisotopic (exact) mass is 381 g/mol. The summed E-state index contributed by atoms with van der Waals surface area (Å²) in [5, 5.41) is 9.40. The number of aromatic nitrogens is 3. The fourth-order valence-corrected chi connectivity index (χ4v) is 3.39. The van der Waals surface area contributed by atoms with Crippen molar-refractivity contribution in [2.45, 2.75) is 39.0 Å². The Hall–Kier alpha value is -2.60. The maximum absolute atomic E-state index is 11.9. The molecule has 0 saturated carbocycles. The van der Waals surface area contributed by atoms with E-state index in [9.17, 15) is 4.79 Å². The van der Waals surface area contributed by atoms with Gasteiger partial charge in [-0.2, -0.15) is 0 Å². The molecule has 6 heteroatoms. The number of hydrogen-bond donors (Lipinski definition) is 0. The second-order valence-electron chi connectivity index (χ2n) is 6.60. The van der Waals surface area contributed by atoms with Crippen LogP contribution in [0.25, 0.3) is 17.1 Å². The van der Waals surface area contributed by atoms with Crippen molar-refractivity contribution < 1.29 is 9.53 Å². The zero-order valence-corrected chi connectivity index (χ0v) is 16.8. The highest BCUT2D eigenvalue weighted by Crippen LogP contribution is 2.28. The quantitative estimate of drug-likeness (QED) is 0.461. The molecule has 3 rings (SSSR count). The molecule has 0 bridgehead atoms. The fourth-order valence-electron chi connectivity index (χ4n) is 2.66. The third-order valence-corrected chi connectivity index (χ3v) is 5.00. The fraction of sp³-hybridized carbons (Fsp3) is 0.286. The summed E-state index contributed by atoms with van der Waals surface area (Å²) in [4.78, 5) is 11.9. The third-order valence-electron chi connectivity index (χ3n) is 4.10. The lowest BCUT2D eigenvalue weighted by atomic mass is 10.1. The SMILES string of the molecule is Cc1ccc(-n2c(SCC(=O)OC(C)C)nnc2-c2ccccc2)cc1C. The Morgan fingerprint density at radius 3 is 2.48 bits per heavy atom. The Balaban J connectivity index is 2.00. The first-order valence-corrected chi connectivity index (χ1v) is 9.85. The Kier molecular flexibility index (Phi) is 5.96. The number of nitrogens with zero attached hydrogens (tertiary/aromatic N) is 3. The third kappa shape index (κ3) is 4.57. The summed E-state index contributed by atoms with van der Waals surface area (Å²) < 4.78 is 7.22. The van der Waals surface area contributed by atoms with Crippen LogP contribution >= 0.6 is 11.8 Å². The summed E-state index contributed by atoms with van der Waals surface area (Å²) in [5.41, 5.74) is 4.36. The van der Waals surface area contributed by atoms with E-state index in [1.54, 1.807) is 0 Å². The summed E-state index contributed by atoms with van der Waals surface area (Å²) >= 11 is 1.33. The smallest absolute Gasteiger partial charge is 0.316 e. The zero-order valence-electron chi connectivity index (χ0n) is 16.0. The summed E-state index contributed by atoms with van der Waals surface area (Å²) in [6, 6.07) is 16.2. The first-order valence-electron chi connectivity index (χ1n) is 8.86. The van der Waals surface area contributed by atoms with Gasteiger partial charge in [0.15, 0.2) is 11.0 Å². The van der Waals surface area contributed by atoms with Crippen LogP contribution in [-0.2, 0) is 9.53 Å². The van der Waals surface area contributed by atoms with E-state index in [1.165, 1.54) is 22.9 Å². The van der Waals surface area contributed by atoms with Crippen LogP contribution in [0.3, 0.4) is 0 Å². The minimum absolute atomic E-state index is 0.129. The van der Waals surface area contributed by atoms with Crippen LogP contribution in [0, 0.1) is 13.8 Å². The highest BCUT2D eigenvalue weighted by molar-refractivity contribution is 7.99. The highest BCUT2D eigenvalue weighted by Gasteiger charge is 2.18. The molecule has 0 amide bonds. The molecular weight excluding hydrogens is 358 g/mol. The standard InChI is InChI=1S/C21H23N3O2S/c1-14(2)26-19(25)13-27-21-23-22-20(17-8-6-5-7-9-17)24(21)18-11-10-15(3)16(4)12-18/h5-12,14H,13H2,1-4H3. The molecule has 0 unspecified atom stereocenters. The lowest BCUT2D eigenvalue weighted by molar-refractivity contribution is -0.144. The minimum Gasteiger partial charge on any atom is -0.462 e. The first-order chi connectivity index (χ1) is 13.0. The number of esters is 1. The molecular formula is C21H23N3O2S. The van der Waals surface area contributed by atoms with E-state index in [-0.39, 0.29) is 17.8 Å². The van der Waals surface area contributed by atoms with E-state index in [1.807, 2.05) is 48.7 Å². The van der Waals surface area contributed by atoms with Crippen molar-refractivity contribution >= 4 is 17.7 Å². The largest absolute Gasteiger partial charge is 0.462 e. The van der Waals surface area contributed by atoms with Gasteiger partial charge >= 0.3 is 5.97 Å². The van der Waals surface area contributed by atoms with Crippen molar-refractivity contribution in [1.29, 1.82) is 0 Å². The van der Waals surface area contributed by atoms with Gasteiger partial charge in [0.2, 0.25) is 0 Å². The minimum atomic E-state index is -0.258. The Morgan fingerprint density at radius 2 is 1.81 bits per heavy atom. The first kappa shape index (κ1) is 19.2. The van der Waals surface area contributed by atoms with Gasteiger partial charge in [0.25, 0.3) is 0 Å². The van der Waals surface area contributed by atoms with E-state index in [0.29, 0.717) is 5.16 Å². The van der Waals surface area contributed by atoms with Crippen LogP contribution < -0.4 is 0 Å². The van der Waals surface area contributed by atoms with E-state index in [0.717, 1.165) is 17.1 Å². The predicted molar refractivity (Wildman–Crippen MR) is 108 cm³/mol. The van der Waals surface area contributed by atoms with Crippen molar-refractivity contribution in [1.82, 2.24) is 14.8 Å². The molecule has 0 saturated heterocycles. The van der Waals surface area contributed by atoms with Gasteiger partial charge in [0, 0.05) is 5.56 Å². The zero-order chi connectivity index (χ0) is 19.4. The van der Waals surface area contributed by atoms with Crippen LogP contribution in [0.15, 0.2) is 53.7 Å². The van der Waals surface area contributed by atoms with E-state index in [4.69, 9.17) is 4.74 Å². The molecule has 0 aliphatic carbocycles. The molecule has 0 fully saturated rings. The van der Waals surface area contributed by atoms with Gasteiger partial charge in [-0.15, -0.1) is 10.2 Å². The summed E-state index contributed by atoms with van der Waals surface area (Å²) in [7, 11) is 0. The predicted octanol–water partition coefficient (Wildman–Crippen LogP) is 4.59. The van der Waals surface area contributed by atoms with Crippen molar-refractivity contribution in [3.8, 4) is 17.1 Å². The lowest BCUT2D eigenvalue weighted by Gasteiger charge is -2.12. The van der Waals surface area contributed by atoms with Crippen molar-refractivity contribution in [3.63, 3.8) is 0 Å². The summed E-state index contributed by atoms with van der Waals surface area (Å²) in [5.74, 6) is 0.681. The van der Waals surface area contributed by atoms with Crippen LogP contribution in [0.1, 0.15) is 25.0 Å². The molecule has 0 aliphatic rings. The second-order valence-corrected chi connectivity index (χ2v) is 7.55. The van der Waals surface area contributed by atoms with Gasteiger partial charge in [-0.25, -0.2) is 0 Å². The molecule has 1 heterocycles. The topological polar surface area (TPSA) is 57.0 Å².